The van der Waals surface area contributed by atoms with E-state index in [4.69, 9.17) is 14.6 Å². The Kier molecular flexibility index (Phi) is 7.94. The molecule has 0 aliphatic rings. The molecule has 0 aliphatic carbocycles. The van der Waals surface area contributed by atoms with Crippen molar-refractivity contribution in [3.8, 4) is 11.5 Å². The standard InChI is InChI=1S/C17H25NO5/c1-4-9-18(5-2)16(19)12-23-14-8-7-13(11-17(20)21)10-15(14)22-6-3/h7-8,10H,4-6,9,11-12H2,1-3H3,(H,20,21). The number of rotatable bonds is 10. The van der Waals surface area contributed by atoms with Crippen LogP contribution in [0.3, 0.4) is 0 Å². The average Bonchev–Trinajstić information content (AvgIpc) is 2.51. The number of ether oxygens (including phenoxy) is 2. The molecule has 0 fully saturated rings. The lowest BCUT2D eigenvalue weighted by Crippen LogP contribution is -2.35. The summed E-state index contributed by atoms with van der Waals surface area (Å²) in [4.78, 5) is 24.6. The Morgan fingerprint density at radius 1 is 1.13 bits per heavy atom. The molecule has 0 radical (unpaired) electrons. The number of amides is 1. The van der Waals surface area contributed by atoms with Gasteiger partial charge in [0.15, 0.2) is 18.1 Å². The van der Waals surface area contributed by atoms with E-state index in [1.165, 1.54) is 0 Å². The van der Waals surface area contributed by atoms with Crippen LogP contribution in [0, 0.1) is 0 Å². The molecule has 23 heavy (non-hydrogen) atoms. The minimum atomic E-state index is -0.908. The van der Waals surface area contributed by atoms with E-state index < -0.39 is 5.97 Å². The zero-order valence-electron chi connectivity index (χ0n) is 14.0. The number of likely N-dealkylation sites (N-methyl/N-ethyl adjacent to an activating group) is 1. The SMILES string of the molecule is CCCN(CC)C(=O)COc1ccc(CC(=O)O)cc1OCC. The first-order valence-corrected chi connectivity index (χ1v) is 7.89. The molecule has 0 heterocycles. The number of aliphatic carboxylic acids is 1. The predicted octanol–water partition coefficient (Wildman–Crippen LogP) is 2.35. The van der Waals surface area contributed by atoms with Crippen molar-refractivity contribution in [2.24, 2.45) is 0 Å². The molecule has 0 spiro atoms. The number of benzene rings is 1. The smallest absolute Gasteiger partial charge is 0.307 e. The highest BCUT2D eigenvalue weighted by Crippen LogP contribution is 2.28. The number of carbonyl (C=O) groups excluding carboxylic acids is 1. The van der Waals surface area contributed by atoms with Gasteiger partial charge in [0.2, 0.25) is 0 Å². The molecule has 6 nitrogen and oxygen atoms in total. The Morgan fingerprint density at radius 3 is 2.43 bits per heavy atom. The minimum Gasteiger partial charge on any atom is -0.490 e. The zero-order valence-corrected chi connectivity index (χ0v) is 14.0. The summed E-state index contributed by atoms with van der Waals surface area (Å²) in [5.41, 5.74) is 0.626. The first-order chi connectivity index (χ1) is 11.0. The fourth-order valence-corrected chi connectivity index (χ4v) is 2.18. The maximum absolute atomic E-state index is 12.1. The number of carbonyl (C=O) groups is 2. The second-order valence-corrected chi connectivity index (χ2v) is 5.05. The molecule has 1 aromatic rings. The molecule has 128 valence electrons. The molecule has 0 aromatic heterocycles. The van der Waals surface area contributed by atoms with Gasteiger partial charge >= 0.3 is 5.97 Å². The van der Waals surface area contributed by atoms with Crippen LogP contribution in [0.5, 0.6) is 11.5 Å². The third-order valence-electron chi connectivity index (χ3n) is 3.24. The van der Waals surface area contributed by atoms with Crippen molar-refractivity contribution in [1.82, 2.24) is 4.90 Å². The first-order valence-electron chi connectivity index (χ1n) is 7.89. The summed E-state index contributed by atoms with van der Waals surface area (Å²) < 4.78 is 11.1. The van der Waals surface area contributed by atoms with E-state index in [0.717, 1.165) is 6.42 Å². The lowest BCUT2D eigenvalue weighted by molar-refractivity contribution is -0.136. The lowest BCUT2D eigenvalue weighted by atomic mass is 10.1. The molecule has 1 N–H and O–H groups in total. The van der Waals surface area contributed by atoms with E-state index in [0.29, 0.717) is 36.8 Å². The first kappa shape index (κ1) is 18.8. The topological polar surface area (TPSA) is 76.1 Å². The molecule has 0 saturated carbocycles. The van der Waals surface area contributed by atoms with Gasteiger partial charge in [-0.3, -0.25) is 9.59 Å². The Balaban J connectivity index is 2.78. The van der Waals surface area contributed by atoms with E-state index in [2.05, 4.69) is 0 Å². The summed E-state index contributed by atoms with van der Waals surface area (Å²) in [6.45, 7) is 7.49. The van der Waals surface area contributed by atoms with Crippen molar-refractivity contribution in [2.45, 2.75) is 33.6 Å². The molecule has 0 aliphatic heterocycles. The minimum absolute atomic E-state index is 0.0633. The van der Waals surface area contributed by atoms with Gasteiger partial charge in [-0.1, -0.05) is 13.0 Å². The number of carboxylic acids is 1. The van der Waals surface area contributed by atoms with Gasteiger partial charge in [0, 0.05) is 13.1 Å². The van der Waals surface area contributed by atoms with E-state index in [9.17, 15) is 9.59 Å². The second kappa shape index (κ2) is 9.71. The van der Waals surface area contributed by atoms with Gasteiger partial charge in [0.05, 0.1) is 13.0 Å². The van der Waals surface area contributed by atoms with Crippen LogP contribution in [-0.2, 0) is 16.0 Å². The normalized spacial score (nSPS) is 10.2. The van der Waals surface area contributed by atoms with Crippen LogP contribution in [0.2, 0.25) is 0 Å². The number of hydrogen-bond acceptors (Lipinski definition) is 4. The van der Waals surface area contributed by atoms with Gasteiger partial charge in [-0.25, -0.2) is 0 Å². The van der Waals surface area contributed by atoms with Crippen molar-refractivity contribution < 1.29 is 24.2 Å². The summed E-state index contributed by atoms with van der Waals surface area (Å²) in [6.07, 6.45) is 0.813. The molecular formula is C17H25NO5. The van der Waals surface area contributed by atoms with Gasteiger partial charge in [-0.2, -0.15) is 0 Å². The summed E-state index contributed by atoms with van der Waals surface area (Å²) in [7, 11) is 0. The molecule has 6 heteroatoms. The average molecular weight is 323 g/mol. The van der Waals surface area contributed by atoms with Crippen molar-refractivity contribution >= 4 is 11.9 Å². The van der Waals surface area contributed by atoms with E-state index in [-0.39, 0.29) is 18.9 Å². The maximum Gasteiger partial charge on any atom is 0.307 e. The van der Waals surface area contributed by atoms with E-state index >= 15 is 0 Å². The molecule has 0 saturated heterocycles. The van der Waals surface area contributed by atoms with Crippen LogP contribution >= 0.6 is 0 Å². The third kappa shape index (κ3) is 6.18. The predicted molar refractivity (Wildman–Crippen MR) is 87.0 cm³/mol. The monoisotopic (exact) mass is 323 g/mol. The van der Waals surface area contributed by atoms with Crippen molar-refractivity contribution in [3.63, 3.8) is 0 Å². The fraction of sp³-hybridized carbons (Fsp3) is 0.529. The Bertz CT molecular complexity index is 530. The Labute approximate surface area is 137 Å². The van der Waals surface area contributed by atoms with Gasteiger partial charge in [-0.15, -0.1) is 0 Å². The zero-order chi connectivity index (χ0) is 17.2. The molecular weight excluding hydrogens is 298 g/mol. The van der Waals surface area contributed by atoms with Gasteiger partial charge in [0.25, 0.3) is 5.91 Å². The number of hydrogen-bond donors (Lipinski definition) is 1. The summed E-state index contributed by atoms with van der Waals surface area (Å²) in [5.74, 6) is -0.0830. The van der Waals surface area contributed by atoms with Crippen molar-refractivity contribution in [1.29, 1.82) is 0 Å². The lowest BCUT2D eigenvalue weighted by Gasteiger charge is -2.20. The highest BCUT2D eigenvalue weighted by Gasteiger charge is 2.14. The molecule has 0 atom stereocenters. The highest BCUT2D eigenvalue weighted by molar-refractivity contribution is 5.77. The Morgan fingerprint density at radius 2 is 1.87 bits per heavy atom. The number of nitrogens with zero attached hydrogens (tertiary/aromatic N) is 1. The van der Waals surface area contributed by atoms with E-state index in [1.807, 2.05) is 20.8 Å². The fourth-order valence-electron chi connectivity index (χ4n) is 2.18. The summed E-state index contributed by atoms with van der Waals surface area (Å²) >= 11 is 0. The Hall–Kier alpha value is -2.24. The van der Waals surface area contributed by atoms with Crippen LogP contribution in [0.4, 0.5) is 0 Å². The molecule has 0 unspecified atom stereocenters. The molecule has 1 rings (SSSR count). The van der Waals surface area contributed by atoms with Crippen LogP contribution in [0.15, 0.2) is 18.2 Å². The van der Waals surface area contributed by atoms with Gasteiger partial charge < -0.3 is 19.5 Å². The maximum atomic E-state index is 12.1. The summed E-state index contributed by atoms with van der Waals surface area (Å²) in [5, 5.41) is 8.85. The quantitative estimate of drug-likeness (QED) is 0.715. The molecule has 1 aromatic carbocycles. The molecule has 1 amide bonds. The van der Waals surface area contributed by atoms with Crippen LogP contribution < -0.4 is 9.47 Å². The largest absolute Gasteiger partial charge is 0.490 e. The van der Waals surface area contributed by atoms with E-state index in [1.54, 1.807) is 23.1 Å². The number of carboxylic acid groups (broad SMARTS) is 1. The van der Waals surface area contributed by atoms with Crippen molar-refractivity contribution in [3.05, 3.63) is 23.8 Å². The third-order valence-corrected chi connectivity index (χ3v) is 3.24. The summed E-state index contributed by atoms with van der Waals surface area (Å²) in [6, 6.07) is 4.95. The van der Waals surface area contributed by atoms with Crippen LogP contribution in [0.25, 0.3) is 0 Å². The van der Waals surface area contributed by atoms with Gasteiger partial charge in [-0.05, 0) is 38.0 Å². The van der Waals surface area contributed by atoms with Crippen LogP contribution in [0.1, 0.15) is 32.8 Å². The molecule has 0 bridgehead atoms. The second-order valence-electron chi connectivity index (χ2n) is 5.05. The van der Waals surface area contributed by atoms with Crippen molar-refractivity contribution in [2.75, 3.05) is 26.3 Å². The highest BCUT2D eigenvalue weighted by atomic mass is 16.5. The van der Waals surface area contributed by atoms with Gasteiger partial charge in [0.1, 0.15) is 0 Å². The van der Waals surface area contributed by atoms with Crippen LogP contribution in [-0.4, -0.2) is 48.2 Å².